The quantitative estimate of drug-likeness (QED) is 0.586. The van der Waals surface area contributed by atoms with Crippen molar-refractivity contribution in [1.29, 1.82) is 0 Å². The lowest BCUT2D eigenvalue weighted by molar-refractivity contribution is -0.125. The van der Waals surface area contributed by atoms with Crippen LogP contribution in [-0.2, 0) is 9.59 Å². The maximum Gasteiger partial charge on any atom is 0.228 e. The van der Waals surface area contributed by atoms with Crippen LogP contribution in [0.3, 0.4) is 0 Å². The first kappa shape index (κ1) is 18.3. The van der Waals surface area contributed by atoms with Crippen molar-refractivity contribution in [3.8, 4) is 0 Å². The normalized spacial score (nSPS) is 19.2. The van der Waals surface area contributed by atoms with Crippen LogP contribution in [0.2, 0.25) is 0 Å². The molecule has 0 aliphatic heterocycles. The average Bonchev–Trinajstić information content (AvgIpc) is 3.32. The van der Waals surface area contributed by atoms with Gasteiger partial charge in [-0.15, -0.1) is 0 Å². The molecule has 1 saturated carbocycles. The van der Waals surface area contributed by atoms with Crippen molar-refractivity contribution in [2.45, 2.75) is 12.8 Å². The number of halogens is 3. The Hall–Kier alpha value is -2.09. The highest BCUT2D eigenvalue weighted by Gasteiger charge is 2.48. The largest absolute Gasteiger partial charge is 0.356 e. The molecule has 2 atom stereocenters. The Morgan fingerprint density at radius 1 is 1.12 bits per heavy atom. The molecule has 24 heavy (non-hydrogen) atoms. The van der Waals surface area contributed by atoms with Crippen molar-refractivity contribution >= 4 is 17.5 Å². The number of rotatable bonds is 7. The molecule has 2 rings (SSSR count). The van der Waals surface area contributed by atoms with Crippen molar-refractivity contribution in [1.82, 2.24) is 10.2 Å². The first-order valence-electron chi connectivity index (χ1n) is 7.68. The van der Waals surface area contributed by atoms with Crippen LogP contribution in [-0.4, -0.2) is 43.9 Å². The minimum atomic E-state index is -1.64. The van der Waals surface area contributed by atoms with Gasteiger partial charge < -0.3 is 15.5 Å². The number of nitrogens with one attached hydrogen (secondary N) is 2. The van der Waals surface area contributed by atoms with E-state index in [1.807, 2.05) is 19.0 Å². The van der Waals surface area contributed by atoms with E-state index in [2.05, 4.69) is 10.6 Å². The lowest BCUT2D eigenvalue weighted by atomic mass is 10.2. The lowest BCUT2D eigenvalue weighted by Gasteiger charge is -2.10. The molecule has 2 N–H and O–H groups in total. The highest BCUT2D eigenvalue weighted by molar-refractivity contribution is 5.99. The van der Waals surface area contributed by atoms with Gasteiger partial charge in [0, 0.05) is 6.54 Å². The molecular formula is C16H20F3N3O2. The van der Waals surface area contributed by atoms with Crippen LogP contribution in [0.1, 0.15) is 12.8 Å². The van der Waals surface area contributed by atoms with Crippen molar-refractivity contribution in [3.63, 3.8) is 0 Å². The van der Waals surface area contributed by atoms with Crippen LogP contribution in [0, 0.1) is 29.3 Å². The number of anilines is 1. The molecule has 0 spiro atoms. The van der Waals surface area contributed by atoms with Crippen molar-refractivity contribution in [2.24, 2.45) is 11.8 Å². The molecule has 2 amide bonds. The highest BCUT2D eigenvalue weighted by atomic mass is 19.2. The Morgan fingerprint density at radius 2 is 1.79 bits per heavy atom. The summed E-state index contributed by atoms with van der Waals surface area (Å²) in [5, 5.41) is 4.95. The maximum absolute atomic E-state index is 13.5. The van der Waals surface area contributed by atoms with Gasteiger partial charge in [0.25, 0.3) is 0 Å². The van der Waals surface area contributed by atoms with E-state index in [-0.39, 0.29) is 5.91 Å². The van der Waals surface area contributed by atoms with Gasteiger partial charge in [-0.1, -0.05) is 0 Å². The zero-order chi connectivity index (χ0) is 17.9. The van der Waals surface area contributed by atoms with Crippen LogP contribution in [0.15, 0.2) is 12.1 Å². The number of carbonyl (C=O) groups is 2. The van der Waals surface area contributed by atoms with Crippen LogP contribution >= 0.6 is 0 Å². The standard InChI is InChI=1S/C16H20F3N3O2/c1-22(2)7-3-6-20-15(23)9-8-10(9)16(24)21-12-5-4-11(17)13(18)14(12)19/h4-5,9-10H,3,6-8H2,1-2H3,(H,20,23)(H,21,24). The maximum atomic E-state index is 13.5. The van der Waals surface area contributed by atoms with Gasteiger partial charge >= 0.3 is 0 Å². The van der Waals surface area contributed by atoms with E-state index in [9.17, 15) is 22.8 Å². The summed E-state index contributed by atoms with van der Waals surface area (Å²) in [6, 6.07) is 1.68. The number of amides is 2. The summed E-state index contributed by atoms with van der Waals surface area (Å²) in [7, 11) is 3.86. The zero-order valence-electron chi connectivity index (χ0n) is 13.5. The Morgan fingerprint density at radius 3 is 2.46 bits per heavy atom. The molecule has 1 aliphatic carbocycles. The Labute approximate surface area is 138 Å². The highest BCUT2D eigenvalue weighted by Crippen LogP contribution is 2.39. The SMILES string of the molecule is CN(C)CCCNC(=O)C1CC1C(=O)Nc1ccc(F)c(F)c1F. The summed E-state index contributed by atoms with van der Waals surface area (Å²) in [6.45, 7) is 1.35. The zero-order valence-corrected chi connectivity index (χ0v) is 13.5. The van der Waals surface area contributed by atoms with Gasteiger partial charge in [-0.3, -0.25) is 9.59 Å². The molecule has 8 heteroatoms. The van der Waals surface area contributed by atoms with E-state index in [4.69, 9.17) is 0 Å². The van der Waals surface area contributed by atoms with E-state index in [1.165, 1.54) is 0 Å². The molecule has 5 nitrogen and oxygen atoms in total. The van der Waals surface area contributed by atoms with Crippen molar-refractivity contribution in [3.05, 3.63) is 29.6 Å². The van der Waals surface area contributed by atoms with Gasteiger partial charge in [0.1, 0.15) is 0 Å². The monoisotopic (exact) mass is 343 g/mol. The fraction of sp³-hybridized carbons (Fsp3) is 0.500. The van der Waals surface area contributed by atoms with Crippen LogP contribution in [0.4, 0.5) is 18.9 Å². The second-order valence-corrected chi connectivity index (χ2v) is 6.11. The minimum Gasteiger partial charge on any atom is -0.356 e. The second-order valence-electron chi connectivity index (χ2n) is 6.11. The number of hydrogen-bond donors (Lipinski definition) is 2. The molecule has 0 bridgehead atoms. The molecule has 0 saturated heterocycles. The van der Waals surface area contributed by atoms with E-state index < -0.39 is 40.9 Å². The predicted octanol–water partition coefficient (Wildman–Crippen LogP) is 1.75. The molecule has 1 fully saturated rings. The molecule has 1 aromatic rings. The number of carbonyl (C=O) groups excluding carboxylic acids is 2. The van der Waals surface area contributed by atoms with Gasteiger partial charge in [0.15, 0.2) is 17.5 Å². The third-order valence-corrected chi connectivity index (χ3v) is 3.84. The summed E-state index contributed by atoms with van der Waals surface area (Å²) >= 11 is 0. The summed E-state index contributed by atoms with van der Waals surface area (Å²) in [5.74, 6) is -6.25. The topological polar surface area (TPSA) is 61.4 Å². The second kappa shape index (κ2) is 7.65. The molecule has 0 radical (unpaired) electrons. The third kappa shape index (κ3) is 4.47. The summed E-state index contributed by atoms with van der Waals surface area (Å²) in [4.78, 5) is 25.9. The van der Waals surface area contributed by atoms with Gasteiger partial charge in [-0.2, -0.15) is 0 Å². The number of hydrogen-bond acceptors (Lipinski definition) is 3. The predicted molar refractivity (Wildman–Crippen MR) is 82.7 cm³/mol. The van der Waals surface area contributed by atoms with Gasteiger partial charge in [0.05, 0.1) is 17.5 Å². The van der Waals surface area contributed by atoms with Gasteiger partial charge in [-0.25, -0.2) is 13.2 Å². The molecule has 0 aromatic heterocycles. The van der Waals surface area contributed by atoms with E-state index in [0.717, 1.165) is 25.1 Å². The molecule has 2 unspecified atom stereocenters. The van der Waals surface area contributed by atoms with Crippen LogP contribution < -0.4 is 10.6 Å². The van der Waals surface area contributed by atoms with Crippen LogP contribution in [0.25, 0.3) is 0 Å². The fourth-order valence-corrected chi connectivity index (χ4v) is 2.36. The average molecular weight is 343 g/mol. The summed E-state index contributed by atoms with van der Waals surface area (Å²) in [5.41, 5.74) is -0.434. The smallest absolute Gasteiger partial charge is 0.228 e. The first-order chi connectivity index (χ1) is 11.3. The van der Waals surface area contributed by atoms with Gasteiger partial charge in [-0.05, 0) is 45.6 Å². The summed E-state index contributed by atoms with van der Waals surface area (Å²) < 4.78 is 39.5. The van der Waals surface area contributed by atoms with Crippen molar-refractivity contribution < 1.29 is 22.8 Å². The van der Waals surface area contributed by atoms with E-state index in [0.29, 0.717) is 13.0 Å². The first-order valence-corrected chi connectivity index (χ1v) is 7.68. The Kier molecular flexibility index (Phi) is 5.82. The molecular weight excluding hydrogens is 323 g/mol. The number of benzene rings is 1. The number of nitrogens with zero attached hydrogens (tertiary/aromatic N) is 1. The lowest BCUT2D eigenvalue weighted by Crippen LogP contribution is -2.30. The molecule has 0 heterocycles. The van der Waals surface area contributed by atoms with Crippen molar-refractivity contribution in [2.75, 3.05) is 32.5 Å². The molecule has 1 aromatic carbocycles. The molecule has 1 aliphatic rings. The van der Waals surface area contributed by atoms with E-state index >= 15 is 0 Å². The van der Waals surface area contributed by atoms with Crippen LogP contribution in [0.5, 0.6) is 0 Å². The Balaban J connectivity index is 1.81. The third-order valence-electron chi connectivity index (χ3n) is 3.84. The minimum absolute atomic E-state index is 0.223. The fourth-order valence-electron chi connectivity index (χ4n) is 2.36. The summed E-state index contributed by atoms with van der Waals surface area (Å²) in [6.07, 6.45) is 1.15. The molecule has 132 valence electrons. The van der Waals surface area contributed by atoms with E-state index in [1.54, 1.807) is 0 Å². The van der Waals surface area contributed by atoms with Gasteiger partial charge in [0.2, 0.25) is 11.8 Å². The Bertz CT molecular complexity index is 637.